The van der Waals surface area contributed by atoms with Gasteiger partial charge < -0.3 is 9.09 Å². The van der Waals surface area contributed by atoms with Crippen LogP contribution in [0.3, 0.4) is 0 Å². The summed E-state index contributed by atoms with van der Waals surface area (Å²) in [5.41, 5.74) is 1.90. The molecule has 0 unspecified atom stereocenters. The van der Waals surface area contributed by atoms with Crippen molar-refractivity contribution in [3.8, 4) is 11.4 Å². The quantitative estimate of drug-likeness (QED) is 0.687. The molecule has 7 heteroatoms. The molecule has 3 heterocycles. The van der Waals surface area contributed by atoms with Crippen molar-refractivity contribution in [3.05, 3.63) is 42.0 Å². The Labute approximate surface area is 120 Å². The number of thioether (sulfide) groups is 1. The zero-order chi connectivity index (χ0) is 13.9. The minimum absolute atomic E-state index is 0.708. The zero-order valence-electron chi connectivity index (χ0n) is 11.1. The standard InChI is InChI=1S/C13H13N5OS/c1-9-7-11(17-19-9)8-20-13-16-15-12(18(13)2)10-3-5-14-6-4-10/h3-7H,8H2,1-2H3. The number of hydrogen-bond acceptors (Lipinski definition) is 6. The average molecular weight is 287 g/mol. The zero-order valence-corrected chi connectivity index (χ0v) is 12.0. The minimum Gasteiger partial charge on any atom is -0.361 e. The summed E-state index contributed by atoms with van der Waals surface area (Å²) < 4.78 is 7.01. The summed E-state index contributed by atoms with van der Waals surface area (Å²) in [7, 11) is 1.95. The molecule has 0 amide bonds. The fraction of sp³-hybridized carbons (Fsp3) is 0.231. The first-order valence-corrected chi connectivity index (χ1v) is 7.07. The van der Waals surface area contributed by atoms with Gasteiger partial charge in [0.1, 0.15) is 5.76 Å². The Morgan fingerprint density at radius 1 is 1.25 bits per heavy atom. The summed E-state index contributed by atoms with van der Waals surface area (Å²) in [6.07, 6.45) is 3.49. The van der Waals surface area contributed by atoms with E-state index in [0.29, 0.717) is 5.75 Å². The molecule has 3 aromatic heterocycles. The van der Waals surface area contributed by atoms with E-state index in [9.17, 15) is 0 Å². The van der Waals surface area contributed by atoms with Gasteiger partial charge in [-0.25, -0.2) is 0 Å². The molecular weight excluding hydrogens is 274 g/mol. The van der Waals surface area contributed by atoms with Gasteiger partial charge in [-0.2, -0.15) is 0 Å². The average Bonchev–Trinajstić information content (AvgIpc) is 3.04. The topological polar surface area (TPSA) is 69.6 Å². The van der Waals surface area contributed by atoms with Crippen LogP contribution >= 0.6 is 11.8 Å². The van der Waals surface area contributed by atoms with Crippen LogP contribution in [0.5, 0.6) is 0 Å². The second-order valence-electron chi connectivity index (χ2n) is 4.32. The minimum atomic E-state index is 0.708. The first-order valence-electron chi connectivity index (χ1n) is 6.09. The lowest BCUT2D eigenvalue weighted by Crippen LogP contribution is -1.95. The molecule has 0 N–H and O–H groups in total. The fourth-order valence-corrected chi connectivity index (χ4v) is 2.61. The van der Waals surface area contributed by atoms with Gasteiger partial charge in [-0.05, 0) is 19.1 Å². The van der Waals surface area contributed by atoms with Crippen LogP contribution in [0.4, 0.5) is 0 Å². The van der Waals surface area contributed by atoms with Crippen LogP contribution in [0.1, 0.15) is 11.5 Å². The third-order valence-electron chi connectivity index (χ3n) is 2.80. The molecule has 6 nitrogen and oxygen atoms in total. The Morgan fingerprint density at radius 3 is 2.75 bits per heavy atom. The number of rotatable bonds is 4. The van der Waals surface area contributed by atoms with Gasteiger partial charge in [0.2, 0.25) is 0 Å². The highest BCUT2D eigenvalue weighted by molar-refractivity contribution is 7.98. The third-order valence-corrected chi connectivity index (χ3v) is 3.85. The molecule has 0 aliphatic carbocycles. The van der Waals surface area contributed by atoms with Gasteiger partial charge >= 0.3 is 0 Å². The highest BCUT2D eigenvalue weighted by Gasteiger charge is 2.12. The van der Waals surface area contributed by atoms with E-state index in [2.05, 4.69) is 20.3 Å². The largest absolute Gasteiger partial charge is 0.361 e. The van der Waals surface area contributed by atoms with E-state index in [1.807, 2.05) is 36.7 Å². The van der Waals surface area contributed by atoms with Gasteiger partial charge in [-0.3, -0.25) is 4.98 Å². The summed E-state index contributed by atoms with van der Waals surface area (Å²) in [5, 5.41) is 13.2. The van der Waals surface area contributed by atoms with Crippen LogP contribution in [-0.2, 0) is 12.8 Å². The lowest BCUT2D eigenvalue weighted by atomic mass is 10.2. The van der Waals surface area contributed by atoms with Crippen LogP contribution in [-0.4, -0.2) is 24.9 Å². The molecule has 0 aromatic carbocycles. The van der Waals surface area contributed by atoms with E-state index < -0.39 is 0 Å². The number of aryl methyl sites for hydroxylation is 1. The van der Waals surface area contributed by atoms with E-state index in [1.165, 1.54) is 0 Å². The van der Waals surface area contributed by atoms with Gasteiger partial charge in [0, 0.05) is 36.8 Å². The molecule has 102 valence electrons. The number of hydrogen-bond donors (Lipinski definition) is 0. The second kappa shape index (κ2) is 5.46. The van der Waals surface area contributed by atoms with Crippen molar-refractivity contribution < 1.29 is 4.52 Å². The van der Waals surface area contributed by atoms with Crippen LogP contribution in [0.15, 0.2) is 40.3 Å². The Bertz CT molecular complexity index is 707. The molecule has 0 aliphatic heterocycles. The van der Waals surface area contributed by atoms with Crippen molar-refractivity contribution in [2.24, 2.45) is 7.05 Å². The smallest absolute Gasteiger partial charge is 0.191 e. The molecule has 0 aliphatic rings. The van der Waals surface area contributed by atoms with Crippen molar-refractivity contribution >= 4 is 11.8 Å². The SMILES string of the molecule is Cc1cc(CSc2nnc(-c3ccncc3)n2C)no1. The lowest BCUT2D eigenvalue weighted by molar-refractivity contribution is 0.393. The van der Waals surface area contributed by atoms with E-state index in [-0.39, 0.29) is 0 Å². The fourth-order valence-electron chi connectivity index (χ4n) is 1.82. The maximum atomic E-state index is 5.04. The van der Waals surface area contributed by atoms with Crippen molar-refractivity contribution in [1.82, 2.24) is 24.9 Å². The normalized spacial score (nSPS) is 10.9. The summed E-state index contributed by atoms with van der Waals surface area (Å²) >= 11 is 1.58. The first-order chi connectivity index (χ1) is 9.74. The van der Waals surface area contributed by atoms with Gasteiger partial charge in [0.05, 0.1) is 5.69 Å². The maximum Gasteiger partial charge on any atom is 0.191 e. The predicted octanol–water partition coefficient (Wildman–Crippen LogP) is 2.47. The molecule has 3 rings (SSSR count). The number of pyridine rings is 1. The van der Waals surface area contributed by atoms with Gasteiger partial charge in [-0.15, -0.1) is 10.2 Å². The lowest BCUT2D eigenvalue weighted by Gasteiger charge is -2.02. The molecule has 0 atom stereocenters. The molecule has 0 saturated heterocycles. The van der Waals surface area contributed by atoms with E-state index in [4.69, 9.17) is 4.52 Å². The molecule has 0 radical (unpaired) electrons. The third kappa shape index (κ3) is 2.57. The summed E-state index contributed by atoms with van der Waals surface area (Å²) in [6, 6.07) is 5.76. The van der Waals surface area contributed by atoms with Crippen LogP contribution < -0.4 is 0 Å². The predicted molar refractivity (Wildman–Crippen MR) is 75.0 cm³/mol. The van der Waals surface area contributed by atoms with Gasteiger partial charge in [0.25, 0.3) is 0 Å². The van der Waals surface area contributed by atoms with Crippen molar-refractivity contribution in [2.75, 3.05) is 0 Å². The van der Waals surface area contributed by atoms with E-state index in [1.54, 1.807) is 24.2 Å². The van der Waals surface area contributed by atoms with E-state index in [0.717, 1.165) is 28.0 Å². The second-order valence-corrected chi connectivity index (χ2v) is 5.26. The maximum absolute atomic E-state index is 5.04. The molecule has 0 spiro atoms. The Hall–Kier alpha value is -2.15. The number of aromatic nitrogens is 5. The summed E-state index contributed by atoms with van der Waals surface area (Å²) in [5.74, 6) is 2.35. The molecule has 3 aromatic rings. The number of nitrogens with zero attached hydrogens (tertiary/aromatic N) is 5. The highest BCUT2D eigenvalue weighted by atomic mass is 32.2. The van der Waals surface area contributed by atoms with Crippen LogP contribution in [0.2, 0.25) is 0 Å². The van der Waals surface area contributed by atoms with Crippen LogP contribution in [0, 0.1) is 6.92 Å². The van der Waals surface area contributed by atoms with Crippen molar-refractivity contribution in [2.45, 2.75) is 17.8 Å². The summed E-state index contributed by atoms with van der Waals surface area (Å²) in [6.45, 7) is 1.88. The Kier molecular flexibility index (Phi) is 3.51. The van der Waals surface area contributed by atoms with E-state index >= 15 is 0 Å². The molecule has 0 bridgehead atoms. The molecule has 20 heavy (non-hydrogen) atoms. The van der Waals surface area contributed by atoms with Gasteiger partial charge in [-0.1, -0.05) is 16.9 Å². The Balaban J connectivity index is 1.77. The van der Waals surface area contributed by atoms with Crippen molar-refractivity contribution in [1.29, 1.82) is 0 Å². The summed E-state index contributed by atoms with van der Waals surface area (Å²) in [4.78, 5) is 4.00. The van der Waals surface area contributed by atoms with Gasteiger partial charge in [0.15, 0.2) is 11.0 Å². The molecule has 0 fully saturated rings. The first kappa shape index (κ1) is 12.9. The monoisotopic (exact) mass is 287 g/mol. The van der Waals surface area contributed by atoms with Crippen molar-refractivity contribution in [3.63, 3.8) is 0 Å². The van der Waals surface area contributed by atoms with Crippen LogP contribution in [0.25, 0.3) is 11.4 Å². The Morgan fingerprint density at radius 2 is 2.05 bits per heavy atom. The highest BCUT2D eigenvalue weighted by Crippen LogP contribution is 2.24. The molecule has 0 saturated carbocycles. The molecular formula is C13H13N5OS.